The maximum atomic E-state index is 10.9. The van der Waals surface area contributed by atoms with E-state index >= 15 is 0 Å². The molecule has 1 aromatic heterocycles. The van der Waals surface area contributed by atoms with E-state index in [0.717, 1.165) is 11.3 Å². The SMILES string of the molecule is Nc1cc(-c2cccc([N+](=O)[O-])c2)sc1C(=O)O. The van der Waals surface area contributed by atoms with Crippen LogP contribution in [0.3, 0.4) is 0 Å². The van der Waals surface area contributed by atoms with Crippen LogP contribution in [0, 0.1) is 10.1 Å². The number of nitrogen functional groups attached to an aromatic ring is 1. The van der Waals surface area contributed by atoms with E-state index in [0.29, 0.717) is 10.4 Å². The van der Waals surface area contributed by atoms with Gasteiger partial charge in [0.15, 0.2) is 0 Å². The molecule has 0 amide bonds. The van der Waals surface area contributed by atoms with Crippen LogP contribution < -0.4 is 5.73 Å². The summed E-state index contributed by atoms with van der Waals surface area (Å²) < 4.78 is 0. The van der Waals surface area contributed by atoms with Crippen LogP contribution in [0.4, 0.5) is 11.4 Å². The standard InChI is InChI=1S/C11H8N2O4S/c12-8-5-9(18-10(8)11(14)15)6-2-1-3-7(4-6)13(16)17/h1-5H,12H2,(H,14,15). The number of aromatic carboxylic acids is 1. The Balaban J connectivity index is 2.49. The molecule has 6 nitrogen and oxygen atoms in total. The number of hydrogen-bond acceptors (Lipinski definition) is 5. The molecular weight excluding hydrogens is 256 g/mol. The number of non-ortho nitro benzene ring substituents is 1. The fraction of sp³-hybridized carbons (Fsp3) is 0. The number of nitrogens with zero attached hydrogens (tertiary/aromatic N) is 1. The van der Waals surface area contributed by atoms with Crippen LogP contribution in [0.5, 0.6) is 0 Å². The lowest BCUT2D eigenvalue weighted by Crippen LogP contribution is -1.96. The van der Waals surface area contributed by atoms with Gasteiger partial charge in [-0.1, -0.05) is 12.1 Å². The minimum Gasteiger partial charge on any atom is -0.477 e. The molecule has 1 aromatic carbocycles. The number of carbonyl (C=O) groups is 1. The van der Waals surface area contributed by atoms with E-state index in [1.54, 1.807) is 12.1 Å². The molecule has 0 radical (unpaired) electrons. The van der Waals surface area contributed by atoms with Crippen molar-refractivity contribution in [3.8, 4) is 10.4 Å². The van der Waals surface area contributed by atoms with Crippen molar-refractivity contribution in [2.24, 2.45) is 0 Å². The first-order chi connectivity index (χ1) is 8.49. The van der Waals surface area contributed by atoms with Crippen molar-refractivity contribution in [1.82, 2.24) is 0 Å². The minimum absolute atomic E-state index is 0.0384. The third-order valence-corrected chi connectivity index (χ3v) is 3.48. The van der Waals surface area contributed by atoms with E-state index in [-0.39, 0.29) is 16.3 Å². The van der Waals surface area contributed by atoms with Crippen molar-refractivity contribution >= 4 is 28.7 Å². The van der Waals surface area contributed by atoms with E-state index in [1.807, 2.05) is 0 Å². The van der Waals surface area contributed by atoms with Crippen molar-refractivity contribution in [1.29, 1.82) is 0 Å². The molecule has 0 unspecified atom stereocenters. The van der Waals surface area contributed by atoms with Crippen molar-refractivity contribution in [3.63, 3.8) is 0 Å². The maximum Gasteiger partial charge on any atom is 0.348 e. The van der Waals surface area contributed by atoms with Gasteiger partial charge in [-0.25, -0.2) is 4.79 Å². The molecule has 0 fully saturated rings. The molecule has 0 aliphatic carbocycles. The number of anilines is 1. The van der Waals surface area contributed by atoms with Crippen LogP contribution in [0.1, 0.15) is 9.67 Å². The van der Waals surface area contributed by atoms with Gasteiger partial charge in [0.25, 0.3) is 5.69 Å². The van der Waals surface area contributed by atoms with Gasteiger partial charge in [0.1, 0.15) is 4.88 Å². The number of hydrogen-bond donors (Lipinski definition) is 2. The fourth-order valence-corrected chi connectivity index (χ4v) is 2.40. The third-order valence-electron chi connectivity index (χ3n) is 2.30. The van der Waals surface area contributed by atoms with E-state index in [9.17, 15) is 14.9 Å². The molecule has 7 heteroatoms. The molecule has 0 saturated heterocycles. The summed E-state index contributed by atoms with van der Waals surface area (Å²) in [5, 5.41) is 19.5. The predicted octanol–water partition coefficient (Wildman–Crippen LogP) is 2.60. The molecule has 18 heavy (non-hydrogen) atoms. The number of benzene rings is 1. The number of carboxylic acids is 1. The van der Waals surface area contributed by atoms with Gasteiger partial charge >= 0.3 is 5.97 Å². The Bertz CT molecular complexity index is 636. The highest BCUT2D eigenvalue weighted by atomic mass is 32.1. The Labute approximate surface area is 105 Å². The lowest BCUT2D eigenvalue weighted by atomic mass is 10.1. The zero-order valence-corrected chi connectivity index (χ0v) is 9.81. The quantitative estimate of drug-likeness (QED) is 0.654. The van der Waals surface area contributed by atoms with Crippen LogP contribution >= 0.6 is 11.3 Å². The molecule has 0 saturated carbocycles. The number of rotatable bonds is 3. The molecule has 0 aliphatic heterocycles. The van der Waals surface area contributed by atoms with Gasteiger partial charge in [-0.2, -0.15) is 0 Å². The number of thiophene rings is 1. The molecule has 0 aliphatic rings. The molecule has 0 spiro atoms. The monoisotopic (exact) mass is 264 g/mol. The zero-order chi connectivity index (χ0) is 13.3. The molecule has 1 heterocycles. The van der Waals surface area contributed by atoms with Gasteiger partial charge in [0.2, 0.25) is 0 Å². The second-order valence-electron chi connectivity index (χ2n) is 3.51. The minimum atomic E-state index is -1.10. The van der Waals surface area contributed by atoms with Crippen LogP contribution in [0.2, 0.25) is 0 Å². The Kier molecular flexibility index (Phi) is 2.99. The van der Waals surface area contributed by atoms with Crippen molar-refractivity contribution in [2.45, 2.75) is 0 Å². The average molecular weight is 264 g/mol. The highest BCUT2D eigenvalue weighted by Crippen LogP contribution is 2.34. The van der Waals surface area contributed by atoms with Gasteiger partial charge in [-0.15, -0.1) is 11.3 Å². The number of carboxylic acid groups (broad SMARTS) is 1. The Hall–Kier alpha value is -2.41. The Morgan fingerprint density at radius 3 is 2.67 bits per heavy atom. The first-order valence-electron chi connectivity index (χ1n) is 4.86. The summed E-state index contributed by atoms with van der Waals surface area (Å²) in [4.78, 5) is 21.6. The fourth-order valence-electron chi connectivity index (χ4n) is 1.49. The van der Waals surface area contributed by atoms with Crippen molar-refractivity contribution in [3.05, 3.63) is 45.3 Å². The molecule has 0 atom stereocenters. The largest absolute Gasteiger partial charge is 0.477 e. The zero-order valence-electron chi connectivity index (χ0n) is 8.99. The van der Waals surface area contributed by atoms with Crippen LogP contribution in [-0.4, -0.2) is 16.0 Å². The van der Waals surface area contributed by atoms with Crippen LogP contribution in [-0.2, 0) is 0 Å². The van der Waals surface area contributed by atoms with Crippen LogP contribution in [0.15, 0.2) is 30.3 Å². The van der Waals surface area contributed by atoms with Crippen LogP contribution in [0.25, 0.3) is 10.4 Å². The summed E-state index contributed by atoms with van der Waals surface area (Å²) in [7, 11) is 0. The summed E-state index contributed by atoms with van der Waals surface area (Å²) >= 11 is 0.994. The second-order valence-corrected chi connectivity index (χ2v) is 4.56. The number of nitro benzene ring substituents is 1. The van der Waals surface area contributed by atoms with E-state index in [4.69, 9.17) is 10.8 Å². The van der Waals surface area contributed by atoms with Crippen molar-refractivity contribution in [2.75, 3.05) is 5.73 Å². The molecule has 2 rings (SSSR count). The van der Waals surface area contributed by atoms with E-state index in [2.05, 4.69) is 0 Å². The number of nitrogens with two attached hydrogens (primary N) is 1. The predicted molar refractivity (Wildman–Crippen MR) is 67.8 cm³/mol. The molecule has 0 bridgehead atoms. The maximum absolute atomic E-state index is 10.9. The topological polar surface area (TPSA) is 106 Å². The summed E-state index contributed by atoms with van der Waals surface area (Å²) in [5.41, 5.74) is 6.27. The summed E-state index contributed by atoms with van der Waals surface area (Å²) in [6.45, 7) is 0. The lowest BCUT2D eigenvalue weighted by molar-refractivity contribution is -0.384. The third kappa shape index (κ3) is 2.16. The van der Waals surface area contributed by atoms with Gasteiger partial charge in [-0.05, 0) is 11.6 Å². The van der Waals surface area contributed by atoms with Crippen molar-refractivity contribution < 1.29 is 14.8 Å². The first kappa shape index (κ1) is 12.1. The molecule has 3 N–H and O–H groups in total. The normalized spacial score (nSPS) is 10.2. The molecule has 92 valence electrons. The van der Waals surface area contributed by atoms with Gasteiger partial charge < -0.3 is 10.8 Å². The summed E-state index contributed by atoms with van der Waals surface area (Å²) in [6.07, 6.45) is 0. The smallest absolute Gasteiger partial charge is 0.348 e. The first-order valence-corrected chi connectivity index (χ1v) is 5.68. The average Bonchev–Trinajstić information content (AvgIpc) is 2.71. The van der Waals surface area contributed by atoms with Gasteiger partial charge in [0.05, 0.1) is 10.6 Å². The second kappa shape index (κ2) is 4.46. The lowest BCUT2D eigenvalue weighted by Gasteiger charge is -1.96. The van der Waals surface area contributed by atoms with E-state index in [1.165, 1.54) is 18.2 Å². The Morgan fingerprint density at radius 2 is 2.11 bits per heavy atom. The summed E-state index contributed by atoms with van der Waals surface area (Å²) in [6, 6.07) is 7.48. The van der Waals surface area contributed by atoms with Gasteiger partial charge in [0, 0.05) is 17.0 Å². The molecular formula is C11H8N2O4S. The Morgan fingerprint density at radius 1 is 1.39 bits per heavy atom. The van der Waals surface area contributed by atoms with Gasteiger partial charge in [-0.3, -0.25) is 10.1 Å². The summed E-state index contributed by atoms with van der Waals surface area (Å²) in [5.74, 6) is -1.10. The molecule has 2 aromatic rings. The highest BCUT2D eigenvalue weighted by molar-refractivity contribution is 7.17. The highest BCUT2D eigenvalue weighted by Gasteiger charge is 2.15. The number of nitro groups is 1. The van der Waals surface area contributed by atoms with E-state index < -0.39 is 10.9 Å².